The van der Waals surface area contributed by atoms with E-state index in [4.69, 9.17) is 9.47 Å². The highest BCUT2D eigenvalue weighted by Gasteiger charge is 2.40. The van der Waals surface area contributed by atoms with Crippen molar-refractivity contribution < 1.29 is 9.47 Å². The van der Waals surface area contributed by atoms with E-state index in [1.807, 2.05) is 19.2 Å². The van der Waals surface area contributed by atoms with E-state index in [1.54, 1.807) is 7.11 Å². The maximum atomic E-state index is 5.68. The Balaban J connectivity index is 1.64. The quantitative estimate of drug-likeness (QED) is 0.845. The highest BCUT2D eigenvalue weighted by Crippen LogP contribution is 2.38. The SMILES string of the molecule is COc1cccc(CN2C[C@H]3CCC[C@@H](OC)[C@H]3C2)n1. The van der Waals surface area contributed by atoms with Gasteiger partial charge in [0.2, 0.25) is 5.88 Å². The largest absolute Gasteiger partial charge is 0.481 e. The Hall–Kier alpha value is -1.13. The molecule has 1 aromatic heterocycles. The van der Waals surface area contributed by atoms with Crippen molar-refractivity contribution in [1.29, 1.82) is 0 Å². The van der Waals surface area contributed by atoms with Gasteiger partial charge in [-0.3, -0.25) is 4.90 Å². The monoisotopic (exact) mass is 276 g/mol. The number of hydrogen-bond acceptors (Lipinski definition) is 4. The van der Waals surface area contributed by atoms with Gasteiger partial charge in [-0.1, -0.05) is 12.5 Å². The number of aromatic nitrogens is 1. The molecule has 0 radical (unpaired) electrons. The summed E-state index contributed by atoms with van der Waals surface area (Å²) in [6, 6.07) is 5.99. The number of pyridine rings is 1. The van der Waals surface area contributed by atoms with Gasteiger partial charge in [0.25, 0.3) is 0 Å². The second-order valence-corrected chi connectivity index (χ2v) is 5.99. The Morgan fingerprint density at radius 1 is 1.25 bits per heavy atom. The fraction of sp³-hybridized carbons (Fsp3) is 0.688. The lowest BCUT2D eigenvalue weighted by Gasteiger charge is -2.31. The summed E-state index contributed by atoms with van der Waals surface area (Å²) in [5.74, 6) is 2.22. The number of rotatable bonds is 4. The summed E-state index contributed by atoms with van der Waals surface area (Å²) in [7, 11) is 3.53. The standard InChI is InChI=1S/C16H24N2O2/c1-19-15-7-3-5-12-9-18(11-14(12)15)10-13-6-4-8-16(17-13)20-2/h4,6,8,12,14-15H,3,5,7,9-11H2,1-2H3/t12-,14+,15-/m1/s1. The molecule has 0 spiro atoms. The lowest BCUT2D eigenvalue weighted by atomic mass is 9.79. The maximum absolute atomic E-state index is 5.68. The van der Waals surface area contributed by atoms with E-state index >= 15 is 0 Å². The number of likely N-dealkylation sites (tertiary alicyclic amines) is 1. The van der Waals surface area contributed by atoms with Crippen LogP contribution < -0.4 is 4.74 Å². The Kier molecular flexibility index (Phi) is 4.22. The van der Waals surface area contributed by atoms with E-state index in [1.165, 1.54) is 25.8 Å². The van der Waals surface area contributed by atoms with Crippen LogP contribution >= 0.6 is 0 Å². The Morgan fingerprint density at radius 3 is 2.95 bits per heavy atom. The van der Waals surface area contributed by atoms with E-state index in [2.05, 4.69) is 16.0 Å². The molecule has 3 atom stereocenters. The summed E-state index contributed by atoms with van der Waals surface area (Å²) in [4.78, 5) is 7.04. The number of methoxy groups -OCH3 is 2. The van der Waals surface area contributed by atoms with Crippen LogP contribution in [-0.2, 0) is 11.3 Å². The van der Waals surface area contributed by atoms with E-state index in [-0.39, 0.29) is 0 Å². The fourth-order valence-corrected chi connectivity index (χ4v) is 3.82. The van der Waals surface area contributed by atoms with Crippen LogP contribution in [0.4, 0.5) is 0 Å². The van der Waals surface area contributed by atoms with Gasteiger partial charge >= 0.3 is 0 Å². The third-order valence-corrected chi connectivity index (χ3v) is 4.79. The first-order valence-electron chi connectivity index (χ1n) is 7.55. The van der Waals surface area contributed by atoms with Crippen LogP contribution in [0.1, 0.15) is 25.0 Å². The minimum Gasteiger partial charge on any atom is -0.481 e. The molecule has 4 heteroatoms. The topological polar surface area (TPSA) is 34.6 Å². The number of ether oxygens (including phenoxy) is 2. The number of fused-ring (bicyclic) bond motifs is 1. The van der Waals surface area contributed by atoms with E-state index in [0.29, 0.717) is 17.9 Å². The summed E-state index contributed by atoms with van der Waals surface area (Å²) < 4.78 is 10.9. The normalized spacial score (nSPS) is 30.2. The highest BCUT2D eigenvalue weighted by atomic mass is 16.5. The minimum atomic E-state index is 0.456. The predicted molar refractivity (Wildman–Crippen MR) is 77.7 cm³/mol. The molecule has 0 aromatic carbocycles. The molecule has 0 unspecified atom stereocenters. The van der Waals surface area contributed by atoms with Gasteiger partial charge in [-0.05, 0) is 24.8 Å². The maximum Gasteiger partial charge on any atom is 0.213 e. The summed E-state index contributed by atoms with van der Waals surface area (Å²) >= 11 is 0. The smallest absolute Gasteiger partial charge is 0.213 e. The van der Waals surface area contributed by atoms with Gasteiger partial charge in [0.1, 0.15) is 0 Å². The van der Waals surface area contributed by atoms with Crippen molar-refractivity contribution in [3.8, 4) is 5.88 Å². The van der Waals surface area contributed by atoms with Crippen LogP contribution in [0.25, 0.3) is 0 Å². The van der Waals surface area contributed by atoms with Crippen LogP contribution in [0, 0.1) is 11.8 Å². The van der Waals surface area contributed by atoms with Crippen molar-refractivity contribution in [2.24, 2.45) is 11.8 Å². The second-order valence-electron chi connectivity index (χ2n) is 5.99. The summed E-state index contributed by atoms with van der Waals surface area (Å²) in [6.07, 6.45) is 4.34. The first-order chi connectivity index (χ1) is 9.80. The summed E-state index contributed by atoms with van der Waals surface area (Å²) in [5, 5.41) is 0. The Morgan fingerprint density at radius 2 is 2.15 bits per heavy atom. The van der Waals surface area contributed by atoms with Crippen LogP contribution in [0.2, 0.25) is 0 Å². The molecule has 2 fully saturated rings. The van der Waals surface area contributed by atoms with Gasteiger partial charge in [0, 0.05) is 38.7 Å². The molecule has 1 saturated heterocycles. The van der Waals surface area contributed by atoms with Gasteiger partial charge in [-0.2, -0.15) is 0 Å². The van der Waals surface area contributed by atoms with Crippen molar-refractivity contribution in [3.63, 3.8) is 0 Å². The molecule has 0 N–H and O–H groups in total. The van der Waals surface area contributed by atoms with Crippen molar-refractivity contribution in [2.45, 2.75) is 31.9 Å². The summed E-state index contributed by atoms with van der Waals surface area (Å²) in [5.41, 5.74) is 1.09. The van der Waals surface area contributed by atoms with Crippen LogP contribution in [-0.4, -0.2) is 43.3 Å². The molecular weight excluding hydrogens is 252 g/mol. The van der Waals surface area contributed by atoms with Crippen LogP contribution in [0.3, 0.4) is 0 Å². The van der Waals surface area contributed by atoms with Gasteiger partial charge in [-0.25, -0.2) is 4.98 Å². The zero-order valence-corrected chi connectivity index (χ0v) is 12.4. The zero-order valence-electron chi connectivity index (χ0n) is 12.4. The molecule has 3 rings (SSSR count). The molecule has 1 aliphatic heterocycles. The molecule has 1 aromatic rings. The average Bonchev–Trinajstić information content (AvgIpc) is 2.89. The van der Waals surface area contributed by atoms with Gasteiger partial charge in [0.05, 0.1) is 18.9 Å². The third-order valence-electron chi connectivity index (χ3n) is 4.79. The lowest BCUT2D eigenvalue weighted by molar-refractivity contribution is 0.0125. The fourth-order valence-electron chi connectivity index (χ4n) is 3.82. The summed E-state index contributed by atoms with van der Waals surface area (Å²) in [6.45, 7) is 3.24. The third kappa shape index (κ3) is 2.81. The van der Waals surface area contributed by atoms with Crippen LogP contribution in [0.15, 0.2) is 18.2 Å². The second kappa shape index (κ2) is 6.10. The number of nitrogens with zero attached hydrogens (tertiary/aromatic N) is 2. The Labute approximate surface area is 121 Å². The first-order valence-corrected chi connectivity index (χ1v) is 7.55. The van der Waals surface area contributed by atoms with Gasteiger partial charge < -0.3 is 9.47 Å². The average molecular weight is 276 g/mol. The van der Waals surface area contributed by atoms with E-state index in [0.717, 1.165) is 24.7 Å². The van der Waals surface area contributed by atoms with E-state index in [9.17, 15) is 0 Å². The van der Waals surface area contributed by atoms with Crippen molar-refractivity contribution in [3.05, 3.63) is 23.9 Å². The molecule has 20 heavy (non-hydrogen) atoms. The first kappa shape index (κ1) is 13.8. The van der Waals surface area contributed by atoms with Gasteiger partial charge in [-0.15, -0.1) is 0 Å². The molecule has 4 nitrogen and oxygen atoms in total. The number of hydrogen-bond donors (Lipinski definition) is 0. The molecule has 1 saturated carbocycles. The van der Waals surface area contributed by atoms with Crippen molar-refractivity contribution in [1.82, 2.24) is 9.88 Å². The Bertz CT molecular complexity index is 452. The highest BCUT2D eigenvalue weighted by molar-refractivity contribution is 5.15. The van der Waals surface area contributed by atoms with Crippen molar-refractivity contribution >= 4 is 0 Å². The van der Waals surface area contributed by atoms with E-state index < -0.39 is 0 Å². The molecule has 0 bridgehead atoms. The minimum absolute atomic E-state index is 0.456. The van der Waals surface area contributed by atoms with Crippen molar-refractivity contribution in [2.75, 3.05) is 27.3 Å². The molecule has 2 heterocycles. The lowest BCUT2D eigenvalue weighted by Crippen LogP contribution is -2.33. The molecule has 0 amide bonds. The molecule has 2 aliphatic rings. The van der Waals surface area contributed by atoms with Crippen LogP contribution in [0.5, 0.6) is 5.88 Å². The molecular formula is C16H24N2O2. The zero-order chi connectivity index (χ0) is 13.9. The molecule has 1 aliphatic carbocycles. The molecule has 110 valence electrons. The van der Waals surface area contributed by atoms with Gasteiger partial charge in [0.15, 0.2) is 0 Å². The predicted octanol–water partition coefficient (Wildman–Crippen LogP) is 2.34.